The molecule has 1 rings (SSSR count). The van der Waals surface area contributed by atoms with E-state index in [1.807, 2.05) is 0 Å². The van der Waals surface area contributed by atoms with Crippen molar-refractivity contribution in [1.29, 1.82) is 5.26 Å². The molecule has 104 valence electrons. The van der Waals surface area contributed by atoms with Gasteiger partial charge >= 0.3 is 6.18 Å². The van der Waals surface area contributed by atoms with Crippen LogP contribution in [0.2, 0.25) is 0 Å². The van der Waals surface area contributed by atoms with E-state index in [1.165, 1.54) is 6.92 Å². The molecule has 5 heteroatoms. The maximum absolute atomic E-state index is 12.1. The minimum absolute atomic E-state index is 0.0278. The van der Waals surface area contributed by atoms with Crippen molar-refractivity contribution < 1.29 is 18.3 Å². The Morgan fingerprint density at radius 3 is 2.17 bits per heavy atom. The third-order valence-corrected chi connectivity index (χ3v) is 4.08. The monoisotopic (exact) mass is 263 g/mol. The van der Waals surface area contributed by atoms with Crippen LogP contribution in [0.4, 0.5) is 13.2 Å². The zero-order chi connectivity index (χ0) is 13.9. The quantitative estimate of drug-likeness (QED) is 0.834. The third-order valence-electron chi connectivity index (χ3n) is 4.08. The molecule has 0 radical (unpaired) electrons. The van der Waals surface area contributed by atoms with Crippen LogP contribution in [0.25, 0.3) is 0 Å². The van der Waals surface area contributed by atoms with E-state index in [-0.39, 0.29) is 12.8 Å². The van der Waals surface area contributed by atoms with Crippen molar-refractivity contribution >= 4 is 0 Å². The molecule has 1 unspecified atom stereocenters. The highest BCUT2D eigenvalue weighted by Gasteiger charge is 2.47. The summed E-state index contributed by atoms with van der Waals surface area (Å²) in [6.07, 6.45) is -1.26. The summed E-state index contributed by atoms with van der Waals surface area (Å²) in [4.78, 5) is 0. The normalized spacial score (nSPS) is 23.1. The Balaban J connectivity index is 2.63. The molecule has 0 aliphatic heterocycles. The summed E-state index contributed by atoms with van der Waals surface area (Å²) < 4.78 is 36.3. The number of nitrogens with zero attached hydrogens (tertiary/aromatic N) is 1. The smallest absolute Gasteiger partial charge is 0.389 e. The zero-order valence-electron chi connectivity index (χ0n) is 10.7. The van der Waals surface area contributed by atoms with E-state index in [2.05, 4.69) is 6.07 Å². The molecule has 0 spiro atoms. The van der Waals surface area contributed by atoms with Gasteiger partial charge in [-0.25, -0.2) is 0 Å². The van der Waals surface area contributed by atoms with E-state index in [0.717, 1.165) is 19.3 Å². The van der Waals surface area contributed by atoms with Gasteiger partial charge in [0.25, 0.3) is 0 Å². The zero-order valence-corrected chi connectivity index (χ0v) is 10.7. The molecule has 0 aromatic heterocycles. The molecular formula is C13H20F3NO. The van der Waals surface area contributed by atoms with Gasteiger partial charge in [-0.2, -0.15) is 18.4 Å². The lowest BCUT2D eigenvalue weighted by Gasteiger charge is -2.43. The lowest BCUT2D eigenvalue weighted by Crippen LogP contribution is -2.46. The second-order valence-corrected chi connectivity index (χ2v) is 5.50. The molecule has 0 bridgehead atoms. The first-order valence-corrected chi connectivity index (χ1v) is 6.43. The summed E-state index contributed by atoms with van der Waals surface area (Å²) in [6, 6.07) is 2.17. The second kappa shape index (κ2) is 5.48. The van der Waals surface area contributed by atoms with E-state index in [4.69, 9.17) is 0 Å². The number of alkyl halides is 3. The van der Waals surface area contributed by atoms with Crippen LogP contribution in [0.3, 0.4) is 0 Å². The molecule has 0 saturated heterocycles. The summed E-state index contributed by atoms with van der Waals surface area (Å²) in [6.45, 7) is 1.51. The van der Waals surface area contributed by atoms with Crippen molar-refractivity contribution in [3.63, 3.8) is 0 Å². The van der Waals surface area contributed by atoms with Crippen molar-refractivity contribution in [3.05, 3.63) is 0 Å². The SMILES string of the molecule is CC(O)(CCCC(F)(F)F)C1(C#N)CCCCC1. The lowest BCUT2D eigenvalue weighted by atomic mass is 9.63. The number of aliphatic hydroxyl groups is 1. The Hall–Kier alpha value is -0.760. The highest BCUT2D eigenvalue weighted by molar-refractivity contribution is 5.10. The van der Waals surface area contributed by atoms with E-state index >= 15 is 0 Å². The molecule has 1 saturated carbocycles. The largest absolute Gasteiger partial charge is 0.389 e. The standard InChI is InChI=1S/C13H20F3NO/c1-11(18,6-5-9-13(14,15)16)12(10-17)7-3-2-4-8-12/h18H,2-9H2,1H3. The predicted molar refractivity (Wildman–Crippen MR) is 61.7 cm³/mol. The number of rotatable bonds is 4. The Bertz CT molecular complexity index is 311. The van der Waals surface area contributed by atoms with Crippen molar-refractivity contribution in [2.24, 2.45) is 5.41 Å². The second-order valence-electron chi connectivity index (χ2n) is 5.50. The Morgan fingerprint density at radius 1 is 1.17 bits per heavy atom. The average Bonchev–Trinajstić information content (AvgIpc) is 2.27. The number of halogens is 3. The first-order valence-electron chi connectivity index (χ1n) is 6.43. The van der Waals surface area contributed by atoms with Crippen molar-refractivity contribution in [1.82, 2.24) is 0 Å². The summed E-state index contributed by atoms with van der Waals surface area (Å²) in [7, 11) is 0. The number of hydrogen-bond acceptors (Lipinski definition) is 2. The van der Waals surface area contributed by atoms with E-state index in [9.17, 15) is 23.5 Å². The summed E-state index contributed by atoms with van der Waals surface area (Å²) >= 11 is 0. The summed E-state index contributed by atoms with van der Waals surface area (Å²) in [5, 5.41) is 19.7. The maximum atomic E-state index is 12.1. The van der Waals surface area contributed by atoms with Crippen LogP contribution in [-0.2, 0) is 0 Å². The number of nitriles is 1. The van der Waals surface area contributed by atoms with Crippen LogP contribution in [0.15, 0.2) is 0 Å². The maximum Gasteiger partial charge on any atom is 0.389 e. The summed E-state index contributed by atoms with van der Waals surface area (Å²) in [5.41, 5.74) is -2.19. The first-order chi connectivity index (χ1) is 8.22. The van der Waals surface area contributed by atoms with Crippen LogP contribution in [-0.4, -0.2) is 16.9 Å². The minimum Gasteiger partial charge on any atom is -0.389 e. The van der Waals surface area contributed by atoms with Gasteiger partial charge in [-0.3, -0.25) is 0 Å². The van der Waals surface area contributed by atoms with Gasteiger partial charge in [0.1, 0.15) is 0 Å². The summed E-state index contributed by atoms with van der Waals surface area (Å²) in [5.74, 6) is 0. The average molecular weight is 263 g/mol. The van der Waals surface area contributed by atoms with Crippen LogP contribution < -0.4 is 0 Å². The van der Waals surface area contributed by atoms with E-state index < -0.39 is 23.6 Å². The Morgan fingerprint density at radius 2 is 1.72 bits per heavy atom. The lowest BCUT2D eigenvalue weighted by molar-refractivity contribution is -0.140. The van der Waals surface area contributed by atoms with Crippen molar-refractivity contribution in [3.8, 4) is 6.07 Å². The van der Waals surface area contributed by atoms with Crippen LogP contribution in [0, 0.1) is 16.7 Å². The van der Waals surface area contributed by atoms with Gasteiger partial charge in [0, 0.05) is 6.42 Å². The van der Waals surface area contributed by atoms with Crippen LogP contribution in [0.1, 0.15) is 58.3 Å². The van der Waals surface area contributed by atoms with Crippen molar-refractivity contribution in [2.45, 2.75) is 70.1 Å². The van der Waals surface area contributed by atoms with Gasteiger partial charge in [-0.05, 0) is 32.6 Å². The highest BCUT2D eigenvalue weighted by atomic mass is 19.4. The Labute approximate surface area is 106 Å². The molecule has 0 aromatic carbocycles. The predicted octanol–water partition coefficient (Wildman–Crippen LogP) is 3.94. The molecule has 1 atom stereocenters. The van der Waals surface area contributed by atoms with Gasteiger partial charge in [0.2, 0.25) is 0 Å². The van der Waals surface area contributed by atoms with Gasteiger partial charge in [-0.1, -0.05) is 19.3 Å². The number of hydrogen-bond donors (Lipinski definition) is 1. The molecule has 18 heavy (non-hydrogen) atoms. The molecule has 2 nitrogen and oxygen atoms in total. The fourth-order valence-electron chi connectivity index (χ4n) is 2.80. The van der Waals surface area contributed by atoms with Gasteiger partial charge < -0.3 is 5.11 Å². The molecule has 1 N–H and O–H groups in total. The molecule has 1 fully saturated rings. The molecule has 1 aliphatic rings. The molecule has 0 aromatic rings. The van der Waals surface area contributed by atoms with Gasteiger partial charge in [-0.15, -0.1) is 0 Å². The molecular weight excluding hydrogens is 243 g/mol. The van der Waals surface area contributed by atoms with Crippen LogP contribution in [0.5, 0.6) is 0 Å². The van der Waals surface area contributed by atoms with E-state index in [0.29, 0.717) is 12.8 Å². The first kappa shape index (κ1) is 15.3. The van der Waals surface area contributed by atoms with Crippen molar-refractivity contribution in [2.75, 3.05) is 0 Å². The minimum atomic E-state index is -4.19. The van der Waals surface area contributed by atoms with Gasteiger partial charge in [0.15, 0.2) is 0 Å². The fraction of sp³-hybridized carbons (Fsp3) is 0.923. The van der Waals surface area contributed by atoms with Crippen LogP contribution >= 0.6 is 0 Å². The highest BCUT2D eigenvalue weighted by Crippen LogP contribution is 2.46. The molecule has 0 amide bonds. The molecule has 0 heterocycles. The third kappa shape index (κ3) is 3.61. The Kier molecular flexibility index (Phi) is 4.66. The van der Waals surface area contributed by atoms with E-state index in [1.54, 1.807) is 0 Å². The van der Waals surface area contributed by atoms with Gasteiger partial charge in [0.05, 0.1) is 17.1 Å². The molecule has 1 aliphatic carbocycles. The fourth-order valence-corrected chi connectivity index (χ4v) is 2.80. The topological polar surface area (TPSA) is 44.0 Å².